The number of nitrogens with one attached hydrogen (secondary N) is 2. The molecule has 2 amide bonds. The minimum atomic E-state index is -0.836. The van der Waals surface area contributed by atoms with Gasteiger partial charge in [-0.05, 0) is 5.92 Å². The Morgan fingerprint density at radius 3 is 2.61 bits per heavy atom. The molecule has 0 spiro atoms. The van der Waals surface area contributed by atoms with E-state index in [4.69, 9.17) is 9.84 Å². The van der Waals surface area contributed by atoms with Crippen LogP contribution in [-0.4, -0.2) is 55.0 Å². The Kier molecular flexibility index (Phi) is 6.45. The topological polar surface area (TPSA) is 90.9 Å². The predicted molar refractivity (Wildman–Crippen MR) is 65.0 cm³/mol. The number of urea groups is 1. The Morgan fingerprint density at radius 2 is 2.06 bits per heavy atom. The minimum absolute atomic E-state index is 0.0297. The molecule has 104 valence electrons. The third-order valence-corrected chi connectivity index (χ3v) is 2.86. The number of hydrogen-bond acceptors (Lipinski definition) is 4. The first-order valence-electron chi connectivity index (χ1n) is 6.20. The van der Waals surface area contributed by atoms with E-state index < -0.39 is 5.97 Å². The number of carbonyl (C=O) groups excluding carboxylic acids is 1. The van der Waals surface area contributed by atoms with Crippen molar-refractivity contribution in [1.29, 1.82) is 0 Å². The first kappa shape index (κ1) is 14.7. The van der Waals surface area contributed by atoms with Gasteiger partial charge in [-0.3, -0.25) is 10.2 Å². The second-order valence-electron chi connectivity index (χ2n) is 4.29. The van der Waals surface area contributed by atoms with Crippen molar-refractivity contribution in [2.75, 3.05) is 32.8 Å². The van der Waals surface area contributed by atoms with Crippen molar-refractivity contribution in [3.63, 3.8) is 0 Å². The van der Waals surface area contributed by atoms with E-state index in [1.54, 1.807) is 5.01 Å². The van der Waals surface area contributed by atoms with Crippen LogP contribution in [0.3, 0.4) is 0 Å². The zero-order valence-electron chi connectivity index (χ0n) is 10.6. The van der Waals surface area contributed by atoms with E-state index in [-0.39, 0.29) is 18.4 Å². The van der Waals surface area contributed by atoms with Crippen molar-refractivity contribution < 1.29 is 19.4 Å². The summed E-state index contributed by atoms with van der Waals surface area (Å²) >= 11 is 0. The van der Waals surface area contributed by atoms with Crippen molar-refractivity contribution in [3.05, 3.63) is 0 Å². The molecular weight excluding hydrogens is 238 g/mol. The molecule has 1 saturated heterocycles. The largest absolute Gasteiger partial charge is 0.481 e. The molecule has 1 unspecified atom stereocenters. The van der Waals surface area contributed by atoms with Gasteiger partial charge < -0.3 is 15.2 Å². The van der Waals surface area contributed by atoms with Gasteiger partial charge in [0.2, 0.25) is 0 Å². The Balaban J connectivity index is 2.20. The molecule has 0 aromatic carbocycles. The van der Waals surface area contributed by atoms with Crippen LogP contribution < -0.4 is 10.7 Å². The SMILES string of the molecule is CCC(CNC(=O)NN1CCOCC1)CC(=O)O. The molecule has 1 atom stereocenters. The molecule has 0 aromatic heterocycles. The van der Waals surface area contributed by atoms with Crippen molar-refractivity contribution >= 4 is 12.0 Å². The van der Waals surface area contributed by atoms with Gasteiger partial charge in [-0.2, -0.15) is 0 Å². The third kappa shape index (κ3) is 5.83. The van der Waals surface area contributed by atoms with E-state index in [0.29, 0.717) is 32.8 Å². The number of hydrazine groups is 1. The number of amides is 2. The van der Waals surface area contributed by atoms with Crippen LogP contribution >= 0.6 is 0 Å². The fraction of sp³-hybridized carbons (Fsp3) is 0.818. The number of ether oxygens (including phenoxy) is 1. The first-order valence-corrected chi connectivity index (χ1v) is 6.20. The number of carboxylic acid groups (broad SMARTS) is 1. The third-order valence-electron chi connectivity index (χ3n) is 2.86. The number of hydrogen-bond donors (Lipinski definition) is 3. The molecule has 0 aromatic rings. The average Bonchev–Trinajstić information content (AvgIpc) is 2.35. The quantitative estimate of drug-likeness (QED) is 0.626. The number of rotatable bonds is 6. The molecule has 0 saturated carbocycles. The monoisotopic (exact) mass is 259 g/mol. The van der Waals surface area contributed by atoms with Gasteiger partial charge in [-0.15, -0.1) is 0 Å². The summed E-state index contributed by atoms with van der Waals surface area (Å²) < 4.78 is 5.16. The molecule has 0 aliphatic carbocycles. The molecule has 3 N–H and O–H groups in total. The minimum Gasteiger partial charge on any atom is -0.481 e. The van der Waals surface area contributed by atoms with Gasteiger partial charge >= 0.3 is 12.0 Å². The van der Waals surface area contributed by atoms with Gasteiger partial charge in [0.25, 0.3) is 0 Å². The highest BCUT2D eigenvalue weighted by atomic mass is 16.5. The lowest BCUT2D eigenvalue weighted by atomic mass is 10.0. The van der Waals surface area contributed by atoms with Crippen LogP contribution in [0.25, 0.3) is 0 Å². The van der Waals surface area contributed by atoms with Gasteiger partial charge in [-0.25, -0.2) is 9.80 Å². The lowest BCUT2D eigenvalue weighted by Crippen LogP contribution is -2.52. The number of morpholine rings is 1. The molecule has 1 rings (SSSR count). The van der Waals surface area contributed by atoms with Crippen LogP contribution in [0.4, 0.5) is 4.79 Å². The zero-order valence-corrected chi connectivity index (χ0v) is 10.6. The summed E-state index contributed by atoms with van der Waals surface area (Å²) in [7, 11) is 0. The summed E-state index contributed by atoms with van der Waals surface area (Å²) in [5.41, 5.74) is 2.71. The summed E-state index contributed by atoms with van der Waals surface area (Å²) in [5, 5.41) is 13.2. The molecular formula is C11H21N3O4. The average molecular weight is 259 g/mol. The van der Waals surface area contributed by atoms with Gasteiger partial charge in [0.05, 0.1) is 13.2 Å². The van der Waals surface area contributed by atoms with Crippen LogP contribution in [-0.2, 0) is 9.53 Å². The van der Waals surface area contributed by atoms with Crippen molar-refractivity contribution in [2.45, 2.75) is 19.8 Å². The molecule has 7 heteroatoms. The van der Waals surface area contributed by atoms with Crippen LogP contribution in [0, 0.1) is 5.92 Å². The fourth-order valence-corrected chi connectivity index (χ4v) is 1.70. The Morgan fingerprint density at radius 1 is 1.39 bits per heavy atom. The van der Waals surface area contributed by atoms with Crippen molar-refractivity contribution in [2.24, 2.45) is 5.92 Å². The van der Waals surface area contributed by atoms with Gasteiger partial charge in [0.15, 0.2) is 0 Å². The smallest absolute Gasteiger partial charge is 0.329 e. The van der Waals surface area contributed by atoms with Crippen LogP contribution in [0.5, 0.6) is 0 Å². The molecule has 0 radical (unpaired) electrons. The van der Waals surface area contributed by atoms with Gasteiger partial charge in [0, 0.05) is 26.1 Å². The van der Waals surface area contributed by atoms with Gasteiger partial charge in [-0.1, -0.05) is 13.3 Å². The van der Waals surface area contributed by atoms with E-state index in [0.717, 1.165) is 6.42 Å². The zero-order chi connectivity index (χ0) is 13.4. The summed E-state index contributed by atoms with van der Waals surface area (Å²) in [6.07, 6.45) is 0.804. The standard InChI is InChI=1S/C11H21N3O4/c1-2-9(7-10(15)16)8-12-11(17)13-14-3-5-18-6-4-14/h9H,2-8H2,1H3,(H,15,16)(H2,12,13,17). The fourth-order valence-electron chi connectivity index (χ4n) is 1.70. The molecule has 1 heterocycles. The number of carbonyl (C=O) groups is 2. The normalized spacial score (nSPS) is 18.1. The highest BCUT2D eigenvalue weighted by molar-refractivity contribution is 5.73. The highest BCUT2D eigenvalue weighted by Crippen LogP contribution is 2.06. The first-order chi connectivity index (χ1) is 8.61. The molecule has 1 aliphatic rings. The van der Waals surface area contributed by atoms with Crippen LogP contribution in [0.1, 0.15) is 19.8 Å². The molecule has 1 fully saturated rings. The van der Waals surface area contributed by atoms with Crippen LogP contribution in [0.2, 0.25) is 0 Å². The summed E-state index contributed by atoms with van der Waals surface area (Å²) in [6.45, 7) is 4.83. The van der Waals surface area contributed by atoms with Crippen molar-refractivity contribution in [3.8, 4) is 0 Å². The van der Waals surface area contributed by atoms with Crippen molar-refractivity contribution in [1.82, 2.24) is 15.8 Å². The second-order valence-corrected chi connectivity index (χ2v) is 4.29. The lowest BCUT2D eigenvalue weighted by molar-refractivity contribution is -0.138. The number of carboxylic acids is 1. The van der Waals surface area contributed by atoms with E-state index in [9.17, 15) is 9.59 Å². The maximum atomic E-state index is 11.6. The summed E-state index contributed by atoms with van der Waals surface area (Å²) in [5.74, 6) is -0.866. The molecule has 0 bridgehead atoms. The van der Waals surface area contributed by atoms with E-state index in [1.807, 2.05) is 6.92 Å². The van der Waals surface area contributed by atoms with E-state index in [1.165, 1.54) is 0 Å². The molecule has 1 aliphatic heterocycles. The van der Waals surface area contributed by atoms with E-state index >= 15 is 0 Å². The predicted octanol–water partition coefficient (Wildman–Crippen LogP) is 0.0337. The maximum absolute atomic E-state index is 11.6. The van der Waals surface area contributed by atoms with Crippen LogP contribution in [0.15, 0.2) is 0 Å². The number of aliphatic carboxylic acids is 1. The molecule has 18 heavy (non-hydrogen) atoms. The summed E-state index contributed by atoms with van der Waals surface area (Å²) in [6, 6.07) is -0.291. The Hall–Kier alpha value is -1.34. The Labute approximate surface area is 106 Å². The highest BCUT2D eigenvalue weighted by Gasteiger charge is 2.15. The number of nitrogens with zero attached hydrogens (tertiary/aromatic N) is 1. The van der Waals surface area contributed by atoms with E-state index in [2.05, 4.69) is 10.7 Å². The second kappa shape index (κ2) is 7.88. The Bertz CT molecular complexity index is 279. The lowest BCUT2D eigenvalue weighted by Gasteiger charge is -2.27. The molecule has 7 nitrogen and oxygen atoms in total. The summed E-state index contributed by atoms with van der Waals surface area (Å²) in [4.78, 5) is 22.1. The van der Waals surface area contributed by atoms with Gasteiger partial charge in [0.1, 0.15) is 0 Å². The maximum Gasteiger partial charge on any atom is 0.329 e.